The lowest BCUT2D eigenvalue weighted by atomic mass is 10.1. The zero-order valence-corrected chi connectivity index (χ0v) is 11.6. The second-order valence-corrected chi connectivity index (χ2v) is 5.00. The van der Waals surface area contributed by atoms with E-state index in [1.807, 2.05) is 18.3 Å². The standard InChI is InChI=1S/C17H22N2/c1-19(15-17-12-5-7-13-18-17)14-8-6-11-16-9-3-2-4-10-16/h2-5,7,9-10,12-13H,6,8,11,14-15H2,1H3. The molecule has 0 amide bonds. The van der Waals surface area contributed by atoms with Crippen LogP contribution in [-0.4, -0.2) is 23.5 Å². The number of unbranched alkanes of at least 4 members (excludes halogenated alkanes) is 1. The molecular formula is C17H22N2. The van der Waals surface area contributed by atoms with Crippen molar-refractivity contribution in [3.8, 4) is 0 Å². The van der Waals surface area contributed by atoms with Gasteiger partial charge in [0.25, 0.3) is 0 Å². The quantitative estimate of drug-likeness (QED) is 0.703. The Morgan fingerprint density at radius 2 is 1.74 bits per heavy atom. The predicted molar refractivity (Wildman–Crippen MR) is 80.0 cm³/mol. The van der Waals surface area contributed by atoms with E-state index >= 15 is 0 Å². The summed E-state index contributed by atoms with van der Waals surface area (Å²) in [5.41, 5.74) is 2.59. The monoisotopic (exact) mass is 254 g/mol. The predicted octanol–water partition coefficient (Wildman–Crippen LogP) is 3.54. The van der Waals surface area contributed by atoms with Gasteiger partial charge in [0.2, 0.25) is 0 Å². The number of aromatic nitrogens is 1. The number of nitrogens with zero attached hydrogens (tertiary/aromatic N) is 2. The van der Waals surface area contributed by atoms with Gasteiger partial charge in [-0.05, 0) is 50.6 Å². The van der Waals surface area contributed by atoms with Gasteiger partial charge in [-0.2, -0.15) is 0 Å². The molecule has 0 saturated carbocycles. The highest BCUT2D eigenvalue weighted by atomic mass is 15.1. The van der Waals surface area contributed by atoms with E-state index in [-0.39, 0.29) is 0 Å². The van der Waals surface area contributed by atoms with E-state index in [1.54, 1.807) is 0 Å². The lowest BCUT2D eigenvalue weighted by Crippen LogP contribution is -2.19. The molecule has 0 radical (unpaired) electrons. The van der Waals surface area contributed by atoms with Gasteiger partial charge in [0, 0.05) is 12.7 Å². The van der Waals surface area contributed by atoms with Gasteiger partial charge in [0.15, 0.2) is 0 Å². The molecule has 19 heavy (non-hydrogen) atoms. The molecule has 1 aromatic carbocycles. The fraction of sp³-hybridized carbons (Fsp3) is 0.353. The highest BCUT2D eigenvalue weighted by Crippen LogP contribution is 2.06. The molecule has 0 fully saturated rings. The lowest BCUT2D eigenvalue weighted by molar-refractivity contribution is 0.315. The molecule has 1 aromatic heterocycles. The largest absolute Gasteiger partial charge is 0.301 e. The first-order valence-electron chi connectivity index (χ1n) is 6.97. The smallest absolute Gasteiger partial charge is 0.0543 e. The molecule has 0 bridgehead atoms. The Kier molecular flexibility index (Phi) is 5.57. The van der Waals surface area contributed by atoms with Gasteiger partial charge in [0.1, 0.15) is 0 Å². The second kappa shape index (κ2) is 7.70. The number of pyridine rings is 1. The third-order valence-electron chi connectivity index (χ3n) is 3.26. The van der Waals surface area contributed by atoms with E-state index in [4.69, 9.17) is 0 Å². The van der Waals surface area contributed by atoms with Gasteiger partial charge in [0.05, 0.1) is 5.69 Å². The molecule has 2 rings (SSSR count). The first-order valence-corrected chi connectivity index (χ1v) is 6.97. The molecule has 0 saturated heterocycles. The first kappa shape index (κ1) is 13.8. The summed E-state index contributed by atoms with van der Waals surface area (Å²) in [6.45, 7) is 2.07. The van der Waals surface area contributed by atoms with Gasteiger partial charge in [-0.15, -0.1) is 0 Å². The van der Waals surface area contributed by atoms with Crippen LogP contribution in [0.2, 0.25) is 0 Å². The van der Waals surface area contributed by atoms with Crippen molar-refractivity contribution >= 4 is 0 Å². The lowest BCUT2D eigenvalue weighted by Gasteiger charge is -2.15. The number of benzene rings is 1. The topological polar surface area (TPSA) is 16.1 Å². The van der Waals surface area contributed by atoms with E-state index in [0.717, 1.165) is 18.8 Å². The minimum Gasteiger partial charge on any atom is -0.301 e. The summed E-state index contributed by atoms with van der Waals surface area (Å²) < 4.78 is 0. The average molecular weight is 254 g/mol. The van der Waals surface area contributed by atoms with Crippen molar-refractivity contribution in [2.45, 2.75) is 25.8 Å². The van der Waals surface area contributed by atoms with Crippen LogP contribution in [0.1, 0.15) is 24.1 Å². The van der Waals surface area contributed by atoms with Crippen LogP contribution in [0.5, 0.6) is 0 Å². The van der Waals surface area contributed by atoms with Crippen LogP contribution in [0.25, 0.3) is 0 Å². The molecule has 1 heterocycles. The maximum absolute atomic E-state index is 4.35. The van der Waals surface area contributed by atoms with Crippen LogP contribution in [0.3, 0.4) is 0 Å². The fourth-order valence-electron chi connectivity index (χ4n) is 2.20. The summed E-state index contributed by atoms with van der Waals surface area (Å²) in [6, 6.07) is 16.8. The van der Waals surface area contributed by atoms with Crippen molar-refractivity contribution in [2.75, 3.05) is 13.6 Å². The van der Waals surface area contributed by atoms with Crippen LogP contribution in [-0.2, 0) is 13.0 Å². The van der Waals surface area contributed by atoms with Crippen molar-refractivity contribution < 1.29 is 0 Å². The van der Waals surface area contributed by atoms with Crippen molar-refractivity contribution in [1.29, 1.82) is 0 Å². The zero-order valence-electron chi connectivity index (χ0n) is 11.6. The Labute approximate surface area is 116 Å². The Morgan fingerprint density at radius 3 is 2.47 bits per heavy atom. The Hall–Kier alpha value is -1.67. The molecule has 2 nitrogen and oxygen atoms in total. The highest BCUT2D eigenvalue weighted by molar-refractivity contribution is 5.14. The third-order valence-corrected chi connectivity index (χ3v) is 3.26. The van der Waals surface area contributed by atoms with Gasteiger partial charge in [-0.3, -0.25) is 4.98 Å². The van der Waals surface area contributed by atoms with Crippen LogP contribution in [0.4, 0.5) is 0 Å². The number of rotatable bonds is 7. The van der Waals surface area contributed by atoms with Crippen LogP contribution in [0.15, 0.2) is 54.7 Å². The molecule has 0 spiro atoms. The summed E-state index contributed by atoms with van der Waals surface area (Å²) in [7, 11) is 2.16. The first-order chi connectivity index (χ1) is 9.34. The Morgan fingerprint density at radius 1 is 0.947 bits per heavy atom. The van der Waals surface area contributed by atoms with E-state index in [9.17, 15) is 0 Å². The van der Waals surface area contributed by atoms with Crippen molar-refractivity contribution in [2.24, 2.45) is 0 Å². The number of hydrogen-bond donors (Lipinski definition) is 0. The van der Waals surface area contributed by atoms with Crippen LogP contribution in [0, 0.1) is 0 Å². The van der Waals surface area contributed by atoms with Gasteiger partial charge in [-0.1, -0.05) is 36.4 Å². The van der Waals surface area contributed by atoms with Crippen molar-refractivity contribution in [3.05, 3.63) is 66.0 Å². The average Bonchev–Trinajstić information content (AvgIpc) is 2.46. The van der Waals surface area contributed by atoms with Gasteiger partial charge < -0.3 is 4.90 Å². The summed E-state index contributed by atoms with van der Waals surface area (Å²) in [5.74, 6) is 0. The SMILES string of the molecule is CN(CCCCc1ccccc1)Cc1ccccn1. The van der Waals surface area contributed by atoms with Gasteiger partial charge >= 0.3 is 0 Å². The molecule has 0 aliphatic carbocycles. The van der Waals surface area contributed by atoms with E-state index in [1.165, 1.54) is 24.8 Å². The molecular weight excluding hydrogens is 232 g/mol. The zero-order chi connectivity index (χ0) is 13.3. The summed E-state index contributed by atoms with van der Waals surface area (Å²) in [4.78, 5) is 6.69. The number of hydrogen-bond acceptors (Lipinski definition) is 2. The number of aryl methyl sites for hydroxylation is 1. The molecule has 0 unspecified atom stereocenters. The Bertz CT molecular complexity index is 453. The summed E-state index contributed by atoms with van der Waals surface area (Å²) >= 11 is 0. The fourth-order valence-corrected chi connectivity index (χ4v) is 2.20. The highest BCUT2D eigenvalue weighted by Gasteiger charge is 2.00. The second-order valence-electron chi connectivity index (χ2n) is 5.00. The van der Waals surface area contributed by atoms with Crippen molar-refractivity contribution in [1.82, 2.24) is 9.88 Å². The maximum Gasteiger partial charge on any atom is 0.0543 e. The third kappa shape index (κ3) is 5.23. The molecule has 2 heteroatoms. The minimum atomic E-state index is 0.937. The van der Waals surface area contributed by atoms with Crippen LogP contribution < -0.4 is 0 Å². The molecule has 0 N–H and O–H groups in total. The Balaban J connectivity index is 1.63. The van der Waals surface area contributed by atoms with Gasteiger partial charge in [-0.25, -0.2) is 0 Å². The maximum atomic E-state index is 4.35. The summed E-state index contributed by atoms with van der Waals surface area (Å²) in [5, 5.41) is 0. The molecule has 0 aliphatic heterocycles. The molecule has 100 valence electrons. The summed E-state index contributed by atoms with van der Waals surface area (Å²) in [6.07, 6.45) is 5.52. The van der Waals surface area contributed by atoms with E-state index in [2.05, 4.69) is 53.3 Å². The molecule has 2 aromatic rings. The van der Waals surface area contributed by atoms with Crippen LogP contribution >= 0.6 is 0 Å². The normalized spacial score (nSPS) is 10.8. The van der Waals surface area contributed by atoms with Crippen molar-refractivity contribution in [3.63, 3.8) is 0 Å². The molecule has 0 atom stereocenters. The molecule has 0 aliphatic rings. The minimum absolute atomic E-state index is 0.937. The van der Waals surface area contributed by atoms with E-state index in [0.29, 0.717) is 0 Å². The van der Waals surface area contributed by atoms with E-state index < -0.39 is 0 Å².